The molecule has 1 fully saturated rings. The number of aliphatic hydroxyl groups is 1. The summed E-state index contributed by atoms with van der Waals surface area (Å²) in [6.07, 6.45) is 2.39. The van der Waals surface area contributed by atoms with Crippen LogP contribution >= 0.6 is 12.4 Å². The number of aliphatic hydroxyl groups excluding tert-OH is 1. The van der Waals surface area contributed by atoms with E-state index in [2.05, 4.69) is 10.3 Å². The van der Waals surface area contributed by atoms with Gasteiger partial charge in [0, 0.05) is 42.3 Å². The van der Waals surface area contributed by atoms with Gasteiger partial charge in [-0.3, -0.25) is 14.5 Å². The van der Waals surface area contributed by atoms with Gasteiger partial charge in [0.1, 0.15) is 12.0 Å². The van der Waals surface area contributed by atoms with Crippen molar-refractivity contribution in [1.82, 2.24) is 14.8 Å². The lowest BCUT2D eigenvalue weighted by Gasteiger charge is -2.34. The molecule has 1 aromatic heterocycles. The van der Waals surface area contributed by atoms with E-state index in [1.807, 2.05) is 11.8 Å². The number of morpholine rings is 1. The maximum absolute atomic E-state index is 13.8. The second kappa shape index (κ2) is 9.87. The van der Waals surface area contributed by atoms with E-state index in [4.69, 9.17) is 4.74 Å². The van der Waals surface area contributed by atoms with Gasteiger partial charge in [0.15, 0.2) is 0 Å². The van der Waals surface area contributed by atoms with Crippen LogP contribution in [0.5, 0.6) is 0 Å². The Labute approximate surface area is 203 Å². The number of hydrogen-bond donors (Lipinski definition) is 3. The zero-order chi connectivity index (χ0) is 23.1. The molecule has 2 aromatic rings. The third-order valence-electron chi connectivity index (χ3n) is 6.63. The van der Waals surface area contributed by atoms with Gasteiger partial charge in [0.25, 0.3) is 11.8 Å². The molecule has 8 nitrogen and oxygen atoms in total. The molecule has 2 amide bonds. The molecule has 182 valence electrons. The van der Waals surface area contributed by atoms with Crippen LogP contribution in [0.25, 0.3) is 11.6 Å². The molecule has 1 aromatic carbocycles. The molecule has 0 bridgehead atoms. The summed E-state index contributed by atoms with van der Waals surface area (Å²) < 4.78 is 19.1. The van der Waals surface area contributed by atoms with Gasteiger partial charge in [-0.25, -0.2) is 4.39 Å². The van der Waals surface area contributed by atoms with Crippen molar-refractivity contribution in [2.45, 2.75) is 26.0 Å². The molecule has 0 saturated carbocycles. The van der Waals surface area contributed by atoms with E-state index in [-0.39, 0.29) is 30.8 Å². The highest BCUT2D eigenvalue weighted by Gasteiger charge is 2.31. The molecule has 0 radical (unpaired) electrons. The first-order valence-corrected chi connectivity index (χ1v) is 11.3. The molecule has 1 saturated heterocycles. The van der Waals surface area contributed by atoms with Crippen molar-refractivity contribution in [3.63, 3.8) is 0 Å². The Morgan fingerprint density at radius 1 is 1.24 bits per heavy atom. The van der Waals surface area contributed by atoms with Crippen LogP contribution < -0.4 is 5.32 Å². The number of aromatic nitrogens is 1. The molecule has 3 N–H and O–H groups in total. The Kier molecular flexibility index (Phi) is 7.09. The number of carbonyl (C=O) groups excluding carboxylic acids is 2. The Bertz CT molecular complexity index is 1140. The number of anilines is 1. The summed E-state index contributed by atoms with van der Waals surface area (Å²) >= 11 is 0. The topological polar surface area (TPSA) is 97.9 Å². The maximum atomic E-state index is 13.8. The summed E-state index contributed by atoms with van der Waals surface area (Å²) in [6.45, 7) is 5.07. The number of rotatable bonds is 4. The number of H-pyrrole nitrogens is 1. The van der Waals surface area contributed by atoms with Crippen molar-refractivity contribution in [3.05, 3.63) is 52.1 Å². The van der Waals surface area contributed by atoms with Gasteiger partial charge in [-0.05, 0) is 49.6 Å². The molecule has 3 aliphatic rings. The largest absolute Gasteiger partial charge is 0.379 e. The zero-order valence-corrected chi connectivity index (χ0v) is 19.7. The lowest BCUT2D eigenvalue weighted by atomic mass is 10.0. The highest BCUT2D eigenvalue weighted by molar-refractivity contribution is 6.34. The fourth-order valence-corrected chi connectivity index (χ4v) is 4.82. The van der Waals surface area contributed by atoms with Crippen LogP contribution in [0, 0.1) is 12.7 Å². The van der Waals surface area contributed by atoms with Gasteiger partial charge >= 0.3 is 0 Å². The normalized spacial score (nSPS) is 20.4. The smallest absolute Gasteiger partial charge is 0.256 e. The Morgan fingerprint density at radius 2 is 2.00 bits per heavy atom. The van der Waals surface area contributed by atoms with Crippen molar-refractivity contribution in [3.8, 4) is 0 Å². The molecule has 5 rings (SSSR count). The minimum atomic E-state index is -0.742. The van der Waals surface area contributed by atoms with E-state index >= 15 is 0 Å². The number of aryl methyl sites for hydroxylation is 1. The van der Waals surface area contributed by atoms with Crippen LogP contribution in [-0.4, -0.2) is 77.3 Å². The molecule has 3 aliphatic heterocycles. The molecule has 34 heavy (non-hydrogen) atoms. The van der Waals surface area contributed by atoms with Crippen LogP contribution in [0.2, 0.25) is 0 Å². The summed E-state index contributed by atoms with van der Waals surface area (Å²) in [7, 11) is 0. The molecular formula is C24H28ClFN4O4. The van der Waals surface area contributed by atoms with Crippen LogP contribution in [0.15, 0.2) is 18.2 Å². The number of nitrogens with one attached hydrogen (secondary N) is 2. The highest BCUT2D eigenvalue weighted by atomic mass is 35.5. The number of β-amino-alcohol motifs (C(OH)–C–C–N with tert-alkyl or cyclic N) is 1. The first kappa shape index (κ1) is 24.4. The second-order valence-electron chi connectivity index (χ2n) is 8.70. The number of fused-ring (bicyclic) bond motifs is 2. The predicted molar refractivity (Wildman–Crippen MR) is 128 cm³/mol. The van der Waals surface area contributed by atoms with Crippen molar-refractivity contribution >= 4 is 41.6 Å². The predicted octanol–water partition coefficient (Wildman–Crippen LogP) is 2.42. The summed E-state index contributed by atoms with van der Waals surface area (Å²) in [5.74, 6) is -0.850. The quantitative estimate of drug-likeness (QED) is 0.572. The summed E-state index contributed by atoms with van der Waals surface area (Å²) in [6, 6.07) is 4.19. The van der Waals surface area contributed by atoms with Crippen molar-refractivity contribution < 1.29 is 23.8 Å². The molecule has 0 aliphatic carbocycles. The van der Waals surface area contributed by atoms with E-state index in [0.29, 0.717) is 67.4 Å². The average molecular weight is 491 g/mol. The van der Waals surface area contributed by atoms with Gasteiger partial charge in [-0.1, -0.05) is 0 Å². The number of ether oxygens (including phenoxy) is 1. The maximum Gasteiger partial charge on any atom is 0.256 e. The Balaban J connectivity index is 0.00000274. The fourth-order valence-electron chi connectivity index (χ4n) is 4.82. The van der Waals surface area contributed by atoms with Crippen molar-refractivity contribution in [1.29, 1.82) is 0 Å². The number of benzene rings is 1. The van der Waals surface area contributed by atoms with E-state index in [0.717, 1.165) is 17.7 Å². The van der Waals surface area contributed by atoms with Gasteiger partial charge < -0.3 is 25.0 Å². The van der Waals surface area contributed by atoms with E-state index < -0.39 is 12.0 Å². The number of amides is 2. The van der Waals surface area contributed by atoms with Crippen LogP contribution in [0.3, 0.4) is 0 Å². The first-order chi connectivity index (χ1) is 15.9. The van der Waals surface area contributed by atoms with Gasteiger partial charge in [0.2, 0.25) is 0 Å². The molecule has 1 atom stereocenters. The zero-order valence-electron chi connectivity index (χ0n) is 18.9. The monoisotopic (exact) mass is 490 g/mol. The standard InChI is InChI=1S/C24H27FN4O4.ClH/c1-14-20(12-17-16-11-15(25)4-5-18(16)27-23(17)31)26-19-3-2-6-29(24(32)22(14)19)13-21(30)28-7-9-33-10-8-28;/h4-5,11-12,21,26,30H,2-3,6-10,13H2,1H3,(H,27,31);1H/b17-12-;/t21-;/m0./s1. The van der Waals surface area contributed by atoms with Crippen LogP contribution in [-0.2, 0) is 16.0 Å². The number of halogens is 2. The van der Waals surface area contributed by atoms with Gasteiger partial charge in [0.05, 0.1) is 30.9 Å². The number of nitrogens with zero attached hydrogens (tertiary/aromatic N) is 2. The van der Waals surface area contributed by atoms with E-state index in [1.54, 1.807) is 17.0 Å². The lowest BCUT2D eigenvalue weighted by molar-refractivity contribution is -0.110. The average Bonchev–Trinajstić information content (AvgIpc) is 3.23. The van der Waals surface area contributed by atoms with E-state index in [9.17, 15) is 19.1 Å². The molecule has 4 heterocycles. The van der Waals surface area contributed by atoms with Gasteiger partial charge in [-0.2, -0.15) is 0 Å². The number of hydrogen-bond acceptors (Lipinski definition) is 5. The Hall–Kier alpha value is -2.72. The molecule has 0 spiro atoms. The SMILES string of the molecule is Cc1c(/C=C2\C(=O)Nc3ccc(F)cc32)[nH]c2c1C(=O)N(C[C@H](O)N1CCOCC1)CCC2.Cl. The molecule has 0 unspecified atom stereocenters. The third kappa shape index (κ3) is 4.48. The molecular weight excluding hydrogens is 463 g/mol. The van der Waals surface area contributed by atoms with Crippen molar-refractivity contribution in [2.24, 2.45) is 0 Å². The highest BCUT2D eigenvalue weighted by Crippen LogP contribution is 2.35. The third-order valence-corrected chi connectivity index (χ3v) is 6.63. The number of carbonyl (C=O) groups is 2. The minimum Gasteiger partial charge on any atom is -0.379 e. The van der Waals surface area contributed by atoms with Gasteiger partial charge in [-0.15, -0.1) is 12.4 Å². The lowest BCUT2D eigenvalue weighted by Crippen LogP contribution is -2.50. The van der Waals surface area contributed by atoms with Crippen LogP contribution in [0.4, 0.5) is 10.1 Å². The fraction of sp³-hybridized carbons (Fsp3) is 0.417. The van der Waals surface area contributed by atoms with E-state index in [1.165, 1.54) is 12.1 Å². The second-order valence-corrected chi connectivity index (χ2v) is 8.70. The van der Waals surface area contributed by atoms with Crippen LogP contribution in [0.1, 0.15) is 39.3 Å². The first-order valence-electron chi connectivity index (χ1n) is 11.3. The molecule has 10 heteroatoms. The Morgan fingerprint density at radius 3 is 2.76 bits per heavy atom. The summed E-state index contributed by atoms with van der Waals surface area (Å²) in [4.78, 5) is 32.9. The van der Waals surface area contributed by atoms with Crippen molar-refractivity contribution in [2.75, 3.05) is 44.7 Å². The minimum absolute atomic E-state index is 0. The number of aromatic amines is 1. The summed E-state index contributed by atoms with van der Waals surface area (Å²) in [5.41, 5.74) is 4.25. The summed E-state index contributed by atoms with van der Waals surface area (Å²) in [5, 5.41) is 13.4.